The van der Waals surface area contributed by atoms with Gasteiger partial charge in [0, 0.05) is 12.1 Å². The van der Waals surface area contributed by atoms with Crippen molar-refractivity contribution in [3.8, 4) is 11.5 Å². The third kappa shape index (κ3) is 2.42. The maximum atomic E-state index is 12.8. The highest BCUT2D eigenvalue weighted by Crippen LogP contribution is 2.35. The van der Waals surface area contributed by atoms with E-state index in [1.165, 1.54) is 24.3 Å². The lowest BCUT2D eigenvalue weighted by Gasteiger charge is -2.19. The van der Waals surface area contributed by atoms with Gasteiger partial charge in [0.2, 0.25) is 5.91 Å². The number of amides is 1. The number of fused-ring (bicyclic) bond motifs is 1. The molecule has 3 N–H and O–H groups in total. The Balaban J connectivity index is 1.90. The molecule has 0 bridgehead atoms. The Kier molecular flexibility index (Phi) is 3.02. The lowest BCUT2D eigenvalue weighted by molar-refractivity contribution is -0.116. The Morgan fingerprint density at radius 1 is 1.15 bits per heavy atom. The van der Waals surface area contributed by atoms with Gasteiger partial charge in [-0.25, -0.2) is 4.39 Å². The van der Waals surface area contributed by atoms with Gasteiger partial charge in [0.1, 0.15) is 11.6 Å². The summed E-state index contributed by atoms with van der Waals surface area (Å²) < 4.78 is 18.5. The van der Waals surface area contributed by atoms with Gasteiger partial charge in [-0.05, 0) is 48.4 Å². The van der Waals surface area contributed by atoms with Crippen molar-refractivity contribution in [1.82, 2.24) is 0 Å². The number of hydrogen-bond acceptors (Lipinski definition) is 3. The van der Waals surface area contributed by atoms with E-state index in [0.29, 0.717) is 30.0 Å². The molecule has 0 radical (unpaired) electrons. The number of benzene rings is 2. The number of aryl methyl sites for hydroxylation is 1. The summed E-state index contributed by atoms with van der Waals surface area (Å²) >= 11 is 0. The highest BCUT2D eigenvalue weighted by Gasteiger charge is 2.17. The molecule has 0 spiro atoms. The zero-order valence-electron chi connectivity index (χ0n) is 10.7. The number of nitrogen functional groups attached to an aromatic ring is 1. The van der Waals surface area contributed by atoms with Gasteiger partial charge in [-0.2, -0.15) is 0 Å². The van der Waals surface area contributed by atoms with Crippen LogP contribution < -0.4 is 15.8 Å². The molecule has 4 nitrogen and oxygen atoms in total. The van der Waals surface area contributed by atoms with Crippen LogP contribution in [0.2, 0.25) is 0 Å². The van der Waals surface area contributed by atoms with Crippen molar-refractivity contribution in [2.75, 3.05) is 11.1 Å². The van der Waals surface area contributed by atoms with Gasteiger partial charge in [-0.1, -0.05) is 0 Å². The number of carbonyl (C=O) groups excluding carboxylic acids is 1. The predicted octanol–water partition coefficient (Wildman–Crippen LogP) is 3.08. The highest BCUT2D eigenvalue weighted by molar-refractivity contribution is 5.94. The number of halogens is 1. The number of ether oxygens (including phenoxy) is 1. The molecule has 5 heteroatoms. The van der Waals surface area contributed by atoms with Gasteiger partial charge in [0.15, 0.2) is 5.75 Å². The SMILES string of the molecule is Nc1cc2c(cc1Oc1ccc(F)cc1)CCC(=O)N2. The van der Waals surface area contributed by atoms with Crippen LogP contribution in [0.1, 0.15) is 12.0 Å². The molecule has 1 aliphatic rings. The minimum absolute atomic E-state index is 0.0101. The van der Waals surface area contributed by atoms with Crippen molar-refractivity contribution < 1.29 is 13.9 Å². The summed E-state index contributed by atoms with van der Waals surface area (Å²) in [5.41, 5.74) is 8.05. The monoisotopic (exact) mass is 272 g/mol. The normalized spacial score (nSPS) is 13.6. The van der Waals surface area contributed by atoms with Gasteiger partial charge in [0.05, 0.1) is 5.69 Å². The van der Waals surface area contributed by atoms with Gasteiger partial charge < -0.3 is 15.8 Å². The molecule has 2 aromatic carbocycles. The summed E-state index contributed by atoms with van der Waals surface area (Å²) in [6.45, 7) is 0. The molecule has 0 saturated carbocycles. The maximum Gasteiger partial charge on any atom is 0.224 e. The fraction of sp³-hybridized carbons (Fsp3) is 0.133. The van der Waals surface area contributed by atoms with E-state index in [4.69, 9.17) is 10.5 Å². The van der Waals surface area contributed by atoms with Crippen LogP contribution in [0.3, 0.4) is 0 Å². The van der Waals surface area contributed by atoms with E-state index in [1.807, 2.05) is 6.07 Å². The summed E-state index contributed by atoms with van der Waals surface area (Å²) in [5, 5.41) is 2.78. The van der Waals surface area contributed by atoms with Crippen LogP contribution >= 0.6 is 0 Å². The standard InChI is InChI=1S/C15H13FN2O2/c16-10-2-4-11(5-3-10)20-14-7-9-1-6-15(19)18-13(9)8-12(14)17/h2-5,7-8H,1,6,17H2,(H,18,19). The zero-order chi connectivity index (χ0) is 14.1. The zero-order valence-corrected chi connectivity index (χ0v) is 10.7. The molecule has 3 rings (SSSR count). The molecule has 0 fully saturated rings. The highest BCUT2D eigenvalue weighted by atomic mass is 19.1. The maximum absolute atomic E-state index is 12.8. The third-order valence-corrected chi connectivity index (χ3v) is 3.17. The minimum atomic E-state index is -0.321. The van der Waals surface area contributed by atoms with E-state index in [-0.39, 0.29) is 11.7 Å². The second kappa shape index (κ2) is 4.85. The smallest absolute Gasteiger partial charge is 0.224 e. The molecule has 2 aromatic rings. The molecule has 1 heterocycles. The largest absolute Gasteiger partial charge is 0.455 e. The van der Waals surface area contributed by atoms with Gasteiger partial charge in [-0.15, -0.1) is 0 Å². The number of nitrogens with one attached hydrogen (secondary N) is 1. The van der Waals surface area contributed by atoms with Crippen LogP contribution in [0.25, 0.3) is 0 Å². The Labute approximate surface area is 115 Å². The molecule has 0 atom stereocenters. The number of nitrogens with two attached hydrogens (primary N) is 1. The number of anilines is 2. The third-order valence-electron chi connectivity index (χ3n) is 3.17. The van der Waals surface area contributed by atoms with Crippen molar-refractivity contribution >= 4 is 17.3 Å². The fourth-order valence-electron chi connectivity index (χ4n) is 2.14. The molecule has 0 unspecified atom stereocenters. The summed E-state index contributed by atoms with van der Waals surface area (Å²) in [6, 6.07) is 9.22. The van der Waals surface area contributed by atoms with Crippen LogP contribution in [0.15, 0.2) is 36.4 Å². The van der Waals surface area contributed by atoms with Crippen LogP contribution in [-0.4, -0.2) is 5.91 Å². The van der Waals surface area contributed by atoms with Gasteiger partial charge in [-0.3, -0.25) is 4.79 Å². The van der Waals surface area contributed by atoms with Gasteiger partial charge >= 0.3 is 0 Å². The van der Waals surface area contributed by atoms with Crippen LogP contribution in [0, 0.1) is 5.82 Å². The molecule has 0 aliphatic carbocycles. The summed E-state index contributed by atoms with van der Waals surface area (Å²) in [5.74, 6) is 0.687. The lowest BCUT2D eigenvalue weighted by Crippen LogP contribution is -2.19. The lowest BCUT2D eigenvalue weighted by atomic mass is 10.0. The summed E-state index contributed by atoms with van der Waals surface area (Å²) in [7, 11) is 0. The number of carbonyl (C=O) groups is 1. The molecule has 102 valence electrons. The number of rotatable bonds is 2. The molecule has 20 heavy (non-hydrogen) atoms. The van der Waals surface area contributed by atoms with Crippen molar-refractivity contribution in [2.24, 2.45) is 0 Å². The number of hydrogen-bond donors (Lipinski definition) is 2. The first-order valence-corrected chi connectivity index (χ1v) is 6.27. The predicted molar refractivity (Wildman–Crippen MR) is 74.3 cm³/mol. The molecule has 0 saturated heterocycles. The van der Waals surface area contributed by atoms with Crippen LogP contribution in [0.5, 0.6) is 11.5 Å². The van der Waals surface area contributed by atoms with Crippen molar-refractivity contribution in [3.05, 3.63) is 47.8 Å². The van der Waals surface area contributed by atoms with E-state index in [0.717, 1.165) is 11.3 Å². The van der Waals surface area contributed by atoms with E-state index in [9.17, 15) is 9.18 Å². The molecular formula is C15H13FN2O2. The minimum Gasteiger partial charge on any atom is -0.455 e. The van der Waals surface area contributed by atoms with Crippen LogP contribution in [0.4, 0.5) is 15.8 Å². The van der Waals surface area contributed by atoms with Gasteiger partial charge in [0.25, 0.3) is 0 Å². The van der Waals surface area contributed by atoms with Crippen molar-refractivity contribution in [1.29, 1.82) is 0 Å². The first-order chi connectivity index (χ1) is 9.61. The summed E-state index contributed by atoms with van der Waals surface area (Å²) in [4.78, 5) is 11.3. The quantitative estimate of drug-likeness (QED) is 0.826. The Morgan fingerprint density at radius 3 is 2.65 bits per heavy atom. The molecule has 1 amide bonds. The first kappa shape index (κ1) is 12.5. The second-order valence-corrected chi connectivity index (χ2v) is 4.65. The Morgan fingerprint density at radius 2 is 1.90 bits per heavy atom. The molecule has 1 aliphatic heterocycles. The van der Waals surface area contributed by atoms with Crippen molar-refractivity contribution in [2.45, 2.75) is 12.8 Å². The Bertz CT molecular complexity index is 668. The van der Waals surface area contributed by atoms with E-state index < -0.39 is 0 Å². The first-order valence-electron chi connectivity index (χ1n) is 6.27. The second-order valence-electron chi connectivity index (χ2n) is 4.65. The summed E-state index contributed by atoms with van der Waals surface area (Å²) in [6.07, 6.45) is 1.11. The van der Waals surface area contributed by atoms with E-state index in [2.05, 4.69) is 5.32 Å². The van der Waals surface area contributed by atoms with E-state index in [1.54, 1.807) is 6.07 Å². The van der Waals surface area contributed by atoms with Crippen LogP contribution in [-0.2, 0) is 11.2 Å². The molecular weight excluding hydrogens is 259 g/mol. The topological polar surface area (TPSA) is 64.3 Å². The van der Waals surface area contributed by atoms with E-state index >= 15 is 0 Å². The fourth-order valence-corrected chi connectivity index (χ4v) is 2.14. The van der Waals surface area contributed by atoms with Crippen molar-refractivity contribution in [3.63, 3.8) is 0 Å². The Hall–Kier alpha value is -2.56. The molecule has 0 aromatic heterocycles. The average Bonchev–Trinajstić information content (AvgIpc) is 2.42. The average molecular weight is 272 g/mol.